The summed E-state index contributed by atoms with van der Waals surface area (Å²) in [6.07, 6.45) is 0.512. The van der Waals surface area contributed by atoms with Gasteiger partial charge >= 0.3 is 0 Å². The molecule has 0 bridgehead atoms. The summed E-state index contributed by atoms with van der Waals surface area (Å²) in [5.41, 5.74) is 0.873. The van der Waals surface area contributed by atoms with E-state index in [1.165, 1.54) is 30.3 Å². The lowest BCUT2D eigenvalue weighted by Gasteiger charge is -2.21. The number of rotatable bonds is 8. The van der Waals surface area contributed by atoms with Crippen LogP contribution in [0.2, 0.25) is 5.02 Å². The number of benzene rings is 2. The monoisotopic (exact) mass is 412 g/mol. The van der Waals surface area contributed by atoms with Crippen LogP contribution in [0.4, 0.5) is 4.39 Å². The van der Waals surface area contributed by atoms with E-state index in [9.17, 15) is 17.6 Å². The van der Waals surface area contributed by atoms with Crippen LogP contribution in [0.25, 0.3) is 0 Å². The van der Waals surface area contributed by atoms with Crippen molar-refractivity contribution in [2.45, 2.75) is 31.2 Å². The van der Waals surface area contributed by atoms with Crippen LogP contribution in [0.15, 0.2) is 53.4 Å². The first-order valence-electron chi connectivity index (χ1n) is 8.49. The third-order valence-electron chi connectivity index (χ3n) is 3.96. The topological polar surface area (TPSA) is 75.3 Å². The van der Waals surface area contributed by atoms with Crippen molar-refractivity contribution in [3.05, 3.63) is 64.9 Å². The molecule has 0 aliphatic carbocycles. The van der Waals surface area contributed by atoms with Gasteiger partial charge in [0.15, 0.2) is 0 Å². The van der Waals surface area contributed by atoms with Crippen LogP contribution in [0.1, 0.15) is 19.4 Å². The third-order valence-corrected chi connectivity index (χ3v) is 5.64. The fraction of sp³-hybridized carbons (Fsp3) is 0.316. The maximum atomic E-state index is 12.9. The van der Waals surface area contributed by atoms with Crippen LogP contribution < -0.4 is 10.0 Å². The second-order valence-corrected chi connectivity index (χ2v) is 8.62. The van der Waals surface area contributed by atoms with Crippen LogP contribution >= 0.6 is 11.6 Å². The fourth-order valence-electron chi connectivity index (χ4n) is 2.45. The molecule has 27 heavy (non-hydrogen) atoms. The first-order chi connectivity index (χ1) is 12.7. The van der Waals surface area contributed by atoms with E-state index < -0.39 is 22.0 Å². The average Bonchev–Trinajstić information content (AvgIpc) is 2.61. The lowest BCUT2D eigenvalue weighted by Crippen LogP contribution is -2.49. The zero-order valence-electron chi connectivity index (χ0n) is 15.1. The Morgan fingerprint density at radius 2 is 1.81 bits per heavy atom. The largest absolute Gasteiger partial charge is 0.354 e. The van der Waals surface area contributed by atoms with Crippen molar-refractivity contribution >= 4 is 27.5 Å². The second kappa shape index (κ2) is 9.30. The molecule has 0 radical (unpaired) electrons. The molecule has 0 saturated carbocycles. The lowest BCUT2D eigenvalue weighted by molar-refractivity contribution is -0.123. The van der Waals surface area contributed by atoms with Gasteiger partial charge in [-0.2, -0.15) is 4.72 Å². The van der Waals surface area contributed by atoms with E-state index in [4.69, 9.17) is 11.6 Å². The summed E-state index contributed by atoms with van der Waals surface area (Å²) in [5, 5.41) is 3.02. The zero-order chi connectivity index (χ0) is 20.0. The number of carbonyl (C=O) groups is 1. The van der Waals surface area contributed by atoms with Crippen molar-refractivity contribution in [3.8, 4) is 0 Å². The van der Waals surface area contributed by atoms with Gasteiger partial charge in [0.25, 0.3) is 0 Å². The average molecular weight is 413 g/mol. The summed E-state index contributed by atoms with van der Waals surface area (Å²) in [5.74, 6) is -0.999. The van der Waals surface area contributed by atoms with Crippen molar-refractivity contribution < 1.29 is 17.6 Å². The minimum absolute atomic E-state index is 0.000220. The van der Waals surface area contributed by atoms with Crippen molar-refractivity contribution in [1.82, 2.24) is 10.0 Å². The van der Waals surface area contributed by atoms with Gasteiger partial charge in [-0.1, -0.05) is 43.6 Å². The summed E-state index contributed by atoms with van der Waals surface area (Å²) < 4.78 is 40.4. The maximum Gasteiger partial charge on any atom is 0.241 e. The summed E-state index contributed by atoms with van der Waals surface area (Å²) in [7, 11) is -3.89. The number of hydrogen-bond acceptors (Lipinski definition) is 3. The fourth-order valence-corrected chi connectivity index (χ4v) is 4.10. The third kappa shape index (κ3) is 6.30. The SMILES string of the molecule is CC(C)[C@H](NS(=O)(=O)c1cccc(Cl)c1)C(=O)NCCc1ccc(F)cc1. The highest BCUT2D eigenvalue weighted by Crippen LogP contribution is 2.17. The van der Waals surface area contributed by atoms with Crippen molar-refractivity contribution in [3.63, 3.8) is 0 Å². The molecule has 0 fully saturated rings. The van der Waals surface area contributed by atoms with E-state index in [0.29, 0.717) is 18.0 Å². The Hall–Kier alpha value is -1.96. The molecule has 146 valence electrons. The van der Waals surface area contributed by atoms with E-state index >= 15 is 0 Å². The van der Waals surface area contributed by atoms with Crippen LogP contribution in [0.3, 0.4) is 0 Å². The first-order valence-corrected chi connectivity index (χ1v) is 10.4. The van der Waals surface area contributed by atoms with Crippen LogP contribution in [0.5, 0.6) is 0 Å². The molecule has 5 nitrogen and oxygen atoms in total. The van der Waals surface area contributed by atoms with E-state index in [1.807, 2.05) is 0 Å². The lowest BCUT2D eigenvalue weighted by atomic mass is 10.0. The van der Waals surface area contributed by atoms with E-state index in [0.717, 1.165) is 5.56 Å². The van der Waals surface area contributed by atoms with E-state index in [2.05, 4.69) is 10.0 Å². The van der Waals surface area contributed by atoms with Crippen molar-refractivity contribution in [2.24, 2.45) is 5.92 Å². The number of hydrogen-bond donors (Lipinski definition) is 2. The minimum Gasteiger partial charge on any atom is -0.354 e. The van der Waals surface area contributed by atoms with Gasteiger partial charge in [0.1, 0.15) is 11.9 Å². The Kier molecular flexibility index (Phi) is 7.35. The Morgan fingerprint density at radius 1 is 1.15 bits per heavy atom. The molecule has 0 saturated heterocycles. The summed E-state index contributed by atoms with van der Waals surface area (Å²) in [4.78, 5) is 12.5. The zero-order valence-corrected chi connectivity index (χ0v) is 16.6. The van der Waals surface area contributed by atoms with Crippen LogP contribution in [0, 0.1) is 11.7 Å². The smallest absolute Gasteiger partial charge is 0.241 e. The van der Waals surface area contributed by atoms with Gasteiger partial charge in [-0.05, 0) is 48.2 Å². The van der Waals surface area contributed by atoms with Gasteiger partial charge in [-0.25, -0.2) is 12.8 Å². The molecule has 0 heterocycles. The van der Waals surface area contributed by atoms with E-state index in [-0.39, 0.29) is 16.6 Å². The van der Waals surface area contributed by atoms with Gasteiger partial charge in [0.05, 0.1) is 4.90 Å². The molecule has 1 atom stereocenters. The number of amides is 1. The van der Waals surface area contributed by atoms with Crippen LogP contribution in [-0.4, -0.2) is 26.9 Å². The molecule has 0 aliphatic rings. The molecule has 0 unspecified atom stereocenters. The number of carbonyl (C=O) groups excluding carboxylic acids is 1. The number of halogens is 2. The molecule has 2 aromatic rings. The molecule has 0 spiro atoms. The second-order valence-electron chi connectivity index (χ2n) is 6.47. The molecule has 2 rings (SSSR count). The van der Waals surface area contributed by atoms with Crippen molar-refractivity contribution in [2.75, 3.05) is 6.54 Å². The van der Waals surface area contributed by atoms with E-state index in [1.54, 1.807) is 32.0 Å². The van der Waals surface area contributed by atoms with Crippen LogP contribution in [-0.2, 0) is 21.2 Å². The Morgan fingerprint density at radius 3 is 2.41 bits per heavy atom. The molecular weight excluding hydrogens is 391 g/mol. The Bertz CT molecular complexity index is 886. The number of nitrogens with one attached hydrogen (secondary N) is 2. The van der Waals surface area contributed by atoms with Gasteiger partial charge in [-0.3, -0.25) is 4.79 Å². The van der Waals surface area contributed by atoms with Gasteiger partial charge in [0.2, 0.25) is 15.9 Å². The molecule has 2 N–H and O–H groups in total. The summed E-state index contributed by atoms with van der Waals surface area (Å²) in [6, 6.07) is 10.9. The first kappa shape index (κ1) is 21.3. The van der Waals surface area contributed by atoms with Gasteiger partial charge in [-0.15, -0.1) is 0 Å². The molecular formula is C19H22ClFN2O3S. The maximum absolute atomic E-state index is 12.9. The highest BCUT2D eigenvalue weighted by molar-refractivity contribution is 7.89. The van der Waals surface area contributed by atoms with Crippen molar-refractivity contribution in [1.29, 1.82) is 0 Å². The van der Waals surface area contributed by atoms with Gasteiger partial charge in [0, 0.05) is 11.6 Å². The molecule has 8 heteroatoms. The normalized spacial score (nSPS) is 12.8. The molecule has 1 amide bonds. The minimum atomic E-state index is -3.89. The quantitative estimate of drug-likeness (QED) is 0.699. The standard InChI is InChI=1S/C19H22ClFN2O3S/c1-13(2)18(23-27(25,26)17-5-3-4-15(20)12-17)19(24)22-11-10-14-6-8-16(21)9-7-14/h3-9,12-13,18,23H,10-11H2,1-2H3,(H,22,24)/t18-/m0/s1. The Labute approximate surface area is 164 Å². The predicted octanol–water partition coefficient (Wildman–Crippen LogP) is 3.14. The highest BCUT2D eigenvalue weighted by Gasteiger charge is 2.28. The Balaban J connectivity index is 2.01. The summed E-state index contributed by atoms with van der Waals surface area (Å²) in [6.45, 7) is 3.82. The predicted molar refractivity (Wildman–Crippen MR) is 104 cm³/mol. The molecule has 2 aromatic carbocycles. The summed E-state index contributed by atoms with van der Waals surface area (Å²) >= 11 is 5.85. The van der Waals surface area contributed by atoms with Gasteiger partial charge < -0.3 is 5.32 Å². The highest BCUT2D eigenvalue weighted by atomic mass is 35.5. The molecule has 0 aromatic heterocycles. The molecule has 0 aliphatic heterocycles. The number of sulfonamides is 1.